The predicted octanol–water partition coefficient (Wildman–Crippen LogP) is 3.53. The van der Waals surface area contributed by atoms with Gasteiger partial charge in [-0.15, -0.1) is 11.3 Å². The second-order valence-corrected chi connectivity index (χ2v) is 6.57. The highest BCUT2D eigenvalue weighted by Crippen LogP contribution is 2.25. The van der Waals surface area contributed by atoms with E-state index in [1.165, 1.54) is 11.1 Å². The number of benzene rings is 1. The maximum atomic E-state index is 6.05. The van der Waals surface area contributed by atoms with Gasteiger partial charge in [0.25, 0.3) is 0 Å². The summed E-state index contributed by atoms with van der Waals surface area (Å²) in [5.41, 5.74) is 8.12. The van der Waals surface area contributed by atoms with E-state index in [1.807, 2.05) is 32.2 Å². The summed E-state index contributed by atoms with van der Waals surface area (Å²) in [5.74, 6) is 0.890. The summed E-state index contributed by atoms with van der Waals surface area (Å²) in [4.78, 5) is 5.43. The maximum Gasteiger partial charge on any atom is 0.140 e. The van der Waals surface area contributed by atoms with Gasteiger partial charge in [0, 0.05) is 16.6 Å². The van der Waals surface area contributed by atoms with Crippen molar-refractivity contribution < 1.29 is 4.74 Å². The average molecular weight is 276 g/mol. The Morgan fingerprint density at radius 3 is 2.37 bits per heavy atom. The lowest BCUT2D eigenvalue weighted by Gasteiger charge is -2.14. The van der Waals surface area contributed by atoms with Crippen molar-refractivity contribution >= 4 is 11.3 Å². The Morgan fingerprint density at radius 2 is 1.84 bits per heavy atom. The number of aryl methyl sites for hydroxylation is 2. The molecule has 0 aliphatic carbocycles. The Morgan fingerprint density at radius 1 is 1.21 bits per heavy atom. The van der Waals surface area contributed by atoms with E-state index < -0.39 is 0 Å². The largest absolute Gasteiger partial charge is 0.486 e. The predicted molar refractivity (Wildman–Crippen MR) is 79.6 cm³/mol. The van der Waals surface area contributed by atoms with Crippen molar-refractivity contribution in [2.45, 2.75) is 39.8 Å². The van der Waals surface area contributed by atoms with Crippen molar-refractivity contribution in [3.05, 3.63) is 45.4 Å². The standard InChI is InChI=1S/C15H20N2OS/c1-10-5-11(2)7-12(6-10)18-9-14-17-8-13(19-14)15(3,4)16/h5-8H,9,16H2,1-4H3. The Kier molecular flexibility index (Phi) is 3.92. The molecule has 1 aromatic carbocycles. The minimum atomic E-state index is -0.337. The van der Waals surface area contributed by atoms with Crippen molar-refractivity contribution in [1.82, 2.24) is 4.98 Å². The van der Waals surface area contributed by atoms with Gasteiger partial charge in [-0.05, 0) is 51.0 Å². The van der Waals surface area contributed by atoms with Crippen molar-refractivity contribution in [3.63, 3.8) is 0 Å². The summed E-state index contributed by atoms with van der Waals surface area (Å²) < 4.78 is 5.79. The van der Waals surface area contributed by atoms with Crippen LogP contribution in [0.2, 0.25) is 0 Å². The van der Waals surface area contributed by atoms with Crippen LogP contribution in [0.5, 0.6) is 5.75 Å². The highest BCUT2D eigenvalue weighted by Gasteiger charge is 2.17. The number of nitrogens with zero attached hydrogens (tertiary/aromatic N) is 1. The molecule has 0 aliphatic heterocycles. The Hall–Kier alpha value is -1.39. The number of hydrogen-bond donors (Lipinski definition) is 1. The van der Waals surface area contributed by atoms with E-state index in [4.69, 9.17) is 10.5 Å². The number of thiazole rings is 1. The highest BCUT2D eigenvalue weighted by atomic mass is 32.1. The molecule has 0 radical (unpaired) electrons. The van der Waals surface area contributed by atoms with E-state index in [0.717, 1.165) is 15.6 Å². The number of rotatable bonds is 4. The van der Waals surface area contributed by atoms with Crippen molar-refractivity contribution in [2.24, 2.45) is 5.73 Å². The molecule has 2 rings (SSSR count). The number of ether oxygens (including phenoxy) is 1. The molecule has 1 aromatic heterocycles. The molecule has 0 fully saturated rings. The molecular weight excluding hydrogens is 256 g/mol. The summed E-state index contributed by atoms with van der Waals surface area (Å²) >= 11 is 1.61. The summed E-state index contributed by atoms with van der Waals surface area (Å²) in [5, 5.41) is 0.952. The molecule has 0 spiro atoms. The molecule has 4 heteroatoms. The van der Waals surface area contributed by atoms with Crippen LogP contribution in [0.25, 0.3) is 0 Å². The molecule has 19 heavy (non-hydrogen) atoms. The van der Waals surface area contributed by atoms with Gasteiger partial charge >= 0.3 is 0 Å². The van der Waals surface area contributed by atoms with E-state index in [-0.39, 0.29) is 5.54 Å². The lowest BCUT2D eigenvalue weighted by molar-refractivity contribution is 0.305. The Bertz CT molecular complexity index is 550. The number of hydrogen-bond acceptors (Lipinski definition) is 4. The smallest absolute Gasteiger partial charge is 0.140 e. The van der Waals surface area contributed by atoms with Gasteiger partial charge in [-0.25, -0.2) is 4.98 Å². The third kappa shape index (κ3) is 3.78. The van der Waals surface area contributed by atoms with Gasteiger partial charge < -0.3 is 10.5 Å². The summed E-state index contributed by atoms with van der Waals surface area (Å²) in [7, 11) is 0. The van der Waals surface area contributed by atoms with Crippen LogP contribution in [0.4, 0.5) is 0 Å². The van der Waals surface area contributed by atoms with E-state index in [0.29, 0.717) is 6.61 Å². The second kappa shape index (κ2) is 5.31. The fourth-order valence-corrected chi connectivity index (χ4v) is 2.68. The van der Waals surface area contributed by atoms with Crippen molar-refractivity contribution in [3.8, 4) is 5.75 Å². The first-order valence-electron chi connectivity index (χ1n) is 6.30. The number of nitrogens with two attached hydrogens (primary N) is 1. The Labute approximate surface area is 118 Å². The molecule has 1 heterocycles. The molecule has 0 saturated carbocycles. The minimum absolute atomic E-state index is 0.337. The van der Waals surface area contributed by atoms with Gasteiger partial charge in [0.2, 0.25) is 0 Å². The molecular formula is C15H20N2OS. The molecule has 2 aromatic rings. The molecule has 0 aliphatic rings. The van der Waals surface area contributed by atoms with Crippen LogP contribution in [-0.4, -0.2) is 4.98 Å². The lowest BCUT2D eigenvalue weighted by atomic mass is 10.1. The van der Waals surface area contributed by atoms with Gasteiger partial charge in [-0.2, -0.15) is 0 Å². The van der Waals surface area contributed by atoms with Crippen LogP contribution in [0.3, 0.4) is 0 Å². The van der Waals surface area contributed by atoms with Crippen LogP contribution in [0.15, 0.2) is 24.4 Å². The van der Waals surface area contributed by atoms with Crippen molar-refractivity contribution in [1.29, 1.82) is 0 Å². The first-order valence-corrected chi connectivity index (χ1v) is 7.11. The van der Waals surface area contributed by atoms with Crippen LogP contribution >= 0.6 is 11.3 Å². The van der Waals surface area contributed by atoms with Crippen LogP contribution in [0, 0.1) is 13.8 Å². The normalized spacial score (nSPS) is 11.6. The van der Waals surface area contributed by atoms with E-state index in [1.54, 1.807) is 11.3 Å². The van der Waals surface area contributed by atoms with Crippen LogP contribution < -0.4 is 10.5 Å². The van der Waals surface area contributed by atoms with Crippen LogP contribution in [0.1, 0.15) is 34.9 Å². The molecule has 2 N–H and O–H groups in total. The third-order valence-corrected chi connectivity index (χ3v) is 4.06. The second-order valence-electron chi connectivity index (χ2n) is 5.45. The summed E-state index contributed by atoms with van der Waals surface area (Å²) in [6, 6.07) is 6.20. The van der Waals surface area contributed by atoms with Gasteiger partial charge in [0.05, 0.1) is 0 Å². The fraction of sp³-hybridized carbons (Fsp3) is 0.400. The minimum Gasteiger partial charge on any atom is -0.486 e. The zero-order chi connectivity index (χ0) is 14.0. The monoisotopic (exact) mass is 276 g/mol. The third-order valence-electron chi connectivity index (χ3n) is 2.75. The van der Waals surface area contributed by atoms with Gasteiger partial charge in [-0.1, -0.05) is 6.07 Å². The lowest BCUT2D eigenvalue weighted by Crippen LogP contribution is -2.27. The van der Waals surface area contributed by atoms with E-state index in [9.17, 15) is 0 Å². The maximum absolute atomic E-state index is 6.05. The molecule has 102 valence electrons. The molecule has 3 nitrogen and oxygen atoms in total. The quantitative estimate of drug-likeness (QED) is 0.929. The summed E-state index contributed by atoms with van der Waals surface area (Å²) in [6.45, 7) is 8.59. The van der Waals surface area contributed by atoms with E-state index >= 15 is 0 Å². The molecule has 0 saturated heterocycles. The molecule has 0 unspecified atom stereocenters. The zero-order valence-corrected chi connectivity index (χ0v) is 12.7. The molecule has 0 bridgehead atoms. The first-order chi connectivity index (χ1) is 8.84. The highest BCUT2D eigenvalue weighted by molar-refractivity contribution is 7.11. The van der Waals surface area contributed by atoms with Crippen LogP contribution in [-0.2, 0) is 12.1 Å². The first kappa shape index (κ1) is 14.0. The van der Waals surface area contributed by atoms with Gasteiger partial charge in [0.15, 0.2) is 0 Å². The van der Waals surface area contributed by atoms with Gasteiger partial charge in [0.1, 0.15) is 17.4 Å². The SMILES string of the molecule is Cc1cc(C)cc(OCc2ncc(C(C)(C)N)s2)c1. The Balaban J connectivity index is 2.04. The fourth-order valence-electron chi connectivity index (χ4n) is 1.84. The average Bonchev–Trinajstić information content (AvgIpc) is 2.73. The van der Waals surface area contributed by atoms with Crippen molar-refractivity contribution in [2.75, 3.05) is 0 Å². The zero-order valence-electron chi connectivity index (χ0n) is 11.9. The topological polar surface area (TPSA) is 48.1 Å². The summed E-state index contributed by atoms with van der Waals surface area (Å²) in [6.07, 6.45) is 1.84. The van der Waals surface area contributed by atoms with E-state index in [2.05, 4.69) is 24.9 Å². The molecule has 0 atom stereocenters. The number of aromatic nitrogens is 1. The molecule has 0 amide bonds. The van der Waals surface area contributed by atoms with Gasteiger partial charge in [-0.3, -0.25) is 0 Å².